The molecule has 3 rings (SSSR count). The van der Waals surface area contributed by atoms with Gasteiger partial charge in [0, 0.05) is 5.69 Å². The van der Waals surface area contributed by atoms with Gasteiger partial charge >= 0.3 is 5.97 Å². The monoisotopic (exact) mass is 372 g/mol. The van der Waals surface area contributed by atoms with E-state index in [2.05, 4.69) is 5.32 Å². The Morgan fingerprint density at radius 1 is 1.04 bits per heavy atom. The Kier molecular flexibility index (Phi) is 5.58. The number of imide groups is 1. The first-order valence-corrected chi connectivity index (χ1v) is 9.33. The number of anilines is 1. The van der Waals surface area contributed by atoms with Gasteiger partial charge < -0.3 is 10.1 Å². The Balaban J connectivity index is 1.61. The van der Waals surface area contributed by atoms with Crippen LogP contribution in [0.5, 0.6) is 0 Å². The second-order valence-electron chi connectivity index (χ2n) is 7.15. The maximum atomic E-state index is 12.6. The largest absolute Gasteiger partial charge is 0.451 e. The molecule has 144 valence electrons. The number of carbonyl (C=O) groups is 4. The second kappa shape index (κ2) is 7.90. The van der Waals surface area contributed by atoms with Gasteiger partial charge in [0.2, 0.25) is 11.8 Å². The van der Waals surface area contributed by atoms with Crippen LogP contribution in [-0.2, 0) is 23.9 Å². The summed E-state index contributed by atoms with van der Waals surface area (Å²) in [5.41, 5.74) is 0.590. The minimum absolute atomic E-state index is 0.296. The van der Waals surface area contributed by atoms with Crippen molar-refractivity contribution in [1.82, 2.24) is 4.90 Å². The van der Waals surface area contributed by atoms with Crippen molar-refractivity contribution in [1.29, 1.82) is 0 Å². The van der Waals surface area contributed by atoms with Crippen LogP contribution in [0.2, 0.25) is 0 Å². The Bertz CT molecular complexity index is 724. The first kappa shape index (κ1) is 19.1. The first-order chi connectivity index (χ1) is 12.9. The highest BCUT2D eigenvalue weighted by atomic mass is 16.5. The van der Waals surface area contributed by atoms with Crippen LogP contribution in [0.4, 0.5) is 5.69 Å². The van der Waals surface area contributed by atoms with E-state index in [4.69, 9.17) is 4.74 Å². The van der Waals surface area contributed by atoms with E-state index in [9.17, 15) is 19.2 Å². The zero-order valence-corrected chi connectivity index (χ0v) is 15.5. The van der Waals surface area contributed by atoms with Crippen molar-refractivity contribution in [3.63, 3.8) is 0 Å². The van der Waals surface area contributed by atoms with E-state index in [1.807, 2.05) is 6.07 Å². The van der Waals surface area contributed by atoms with E-state index < -0.39 is 24.0 Å². The Hall–Kier alpha value is -2.70. The van der Waals surface area contributed by atoms with E-state index in [1.54, 1.807) is 24.3 Å². The van der Waals surface area contributed by atoms with E-state index in [0.29, 0.717) is 18.5 Å². The normalized spacial score (nSPS) is 24.1. The van der Waals surface area contributed by atoms with Gasteiger partial charge in [-0.1, -0.05) is 31.0 Å². The molecule has 0 spiro atoms. The van der Waals surface area contributed by atoms with E-state index in [-0.39, 0.29) is 23.7 Å². The van der Waals surface area contributed by atoms with E-state index in [1.165, 1.54) is 13.8 Å². The van der Waals surface area contributed by atoms with Crippen LogP contribution in [0.1, 0.15) is 39.5 Å². The van der Waals surface area contributed by atoms with Crippen LogP contribution in [0.15, 0.2) is 30.3 Å². The van der Waals surface area contributed by atoms with Gasteiger partial charge in [0.1, 0.15) is 6.04 Å². The highest BCUT2D eigenvalue weighted by Gasteiger charge is 2.51. The van der Waals surface area contributed by atoms with Gasteiger partial charge in [-0.3, -0.25) is 19.3 Å². The van der Waals surface area contributed by atoms with Gasteiger partial charge in [0.15, 0.2) is 6.10 Å². The van der Waals surface area contributed by atoms with Crippen molar-refractivity contribution >= 4 is 29.4 Å². The zero-order chi connectivity index (χ0) is 19.6. The minimum Gasteiger partial charge on any atom is -0.451 e. The number of carbonyl (C=O) groups excluding carboxylic acids is 4. The van der Waals surface area contributed by atoms with Gasteiger partial charge in [0.25, 0.3) is 5.91 Å². The molecule has 1 aromatic carbocycles. The summed E-state index contributed by atoms with van der Waals surface area (Å²) in [6.45, 7) is 2.92. The zero-order valence-electron chi connectivity index (χ0n) is 15.5. The predicted molar refractivity (Wildman–Crippen MR) is 97.4 cm³/mol. The van der Waals surface area contributed by atoms with Crippen LogP contribution in [0.25, 0.3) is 0 Å². The molecule has 1 N–H and O–H groups in total. The molecule has 4 atom stereocenters. The number of rotatable bonds is 5. The van der Waals surface area contributed by atoms with Gasteiger partial charge in [-0.15, -0.1) is 0 Å². The Morgan fingerprint density at radius 2 is 1.59 bits per heavy atom. The fourth-order valence-corrected chi connectivity index (χ4v) is 3.77. The lowest BCUT2D eigenvalue weighted by Gasteiger charge is -2.23. The summed E-state index contributed by atoms with van der Waals surface area (Å²) in [6.07, 6.45) is 2.16. The van der Waals surface area contributed by atoms with Crippen molar-refractivity contribution in [3.8, 4) is 0 Å². The molecule has 0 unspecified atom stereocenters. The van der Waals surface area contributed by atoms with Crippen LogP contribution >= 0.6 is 0 Å². The topological polar surface area (TPSA) is 92.8 Å². The number of benzene rings is 1. The second-order valence-corrected chi connectivity index (χ2v) is 7.15. The Morgan fingerprint density at radius 3 is 2.15 bits per heavy atom. The molecule has 2 aliphatic rings. The number of nitrogens with zero attached hydrogens (tertiary/aromatic N) is 1. The molecule has 1 saturated heterocycles. The number of fused-ring (bicyclic) bond motifs is 1. The summed E-state index contributed by atoms with van der Waals surface area (Å²) in [5, 5.41) is 2.65. The summed E-state index contributed by atoms with van der Waals surface area (Å²) < 4.78 is 5.21. The van der Waals surface area contributed by atoms with Crippen LogP contribution in [0, 0.1) is 11.8 Å². The number of ether oxygens (including phenoxy) is 1. The van der Waals surface area contributed by atoms with Crippen molar-refractivity contribution in [2.75, 3.05) is 5.32 Å². The van der Waals surface area contributed by atoms with Crippen LogP contribution in [0.3, 0.4) is 0 Å². The summed E-state index contributed by atoms with van der Waals surface area (Å²) in [5.74, 6) is -2.47. The third kappa shape index (κ3) is 3.86. The number of hydrogen-bond donors (Lipinski definition) is 1. The molecule has 1 aromatic rings. The molecule has 3 amide bonds. The maximum absolute atomic E-state index is 12.6. The molecule has 7 nitrogen and oxygen atoms in total. The summed E-state index contributed by atoms with van der Waals surface area (Å²) in [7, 11) is 0. The number of amides is 3. The standard InChI is InChI=1S/C20H24N2O5/c1-12(22-18(24)15-10-6-7-11-16(15)19(22)25)20(26)27-13(2)17(23)21-14-8-4-3-5-9-14/h3-5,8-9,12-13,15-16H,6-7,10-11H2,1-2H3,(H,21,23)/t12-,13+,15-,16+/m1/s1. The fraction of sp³-hybridized carbons (Fsp3) is 0.500. The lowest BCUT2D eigenvalue weighted by Crippen LogP contribution is -2.46. The molecule has 27 heavy (non-hydrogen) atoms. The molecule has 1 aliphatic heterocycles. The molecule has 7 heteroatoms. The summed E-state index contributed by atoms with van der Waals surface area (Å²) in [6, 6.07) is 7.78. The molecule has 1 heterocycles. The van der Waals surface area contributed by atoms with Gasteiger partial charge in [-0.25, -0.2) is 4.79 Å². The average molecular weight is 372 g/mol. The number of para-hydroxylation sites is 1. The summed E-state index contributed by atoms with van der Waals surface area (Å²) in [4.78, 5) is 50.8. The first-order valence-electron chi connectivity index (χ1n) is 9.33. The number of esters is 1. The number of likely N-dealkylation sites (tertiary alicyclic amines) is 1. The van der Waals surface area contributed by atoms with Gasteiger partial charge in [-0.05, 0) is 38.8 Å². The molecule has 0 aromatic heterocycles. The maximum Gasteiger partial charge on any atom is 0.329 e. The van der Waals surface area contributed by atoms with Gasteiger partial charge in [-0.2, -0.15) is 0 Å². The van der Waals surface area contributed by atoms with Crippen LogP contribution in [-0.4, -0.2) is 40.7 Å². The summed E-state index contributed by atoms with van der Waals surface area (Å²) >= 11 is 0. The van der Waals surface area contributed by atoms with E-state index >= 15 is 0 Å². The van der Waals surface area contributed by atoms with E-state index in [0.717, 1.165) is 17.7 Å². The molecule has 2 fully saturated rings. The minimum atomic E-state index is -1.05. The lowest BCUT2D eigenvalue weighted by atomic mass is 9.81. The molecule has 0 bridgehead atoms. The number of hydrogen-bond acceptors (Lipinski definition) is 5. The Labute approximate surface area is 158 Å². The highest BCUT2D eigenvalue weighted by Crippen LogP contribution is 2.38. The van der Waals surface area contributed by atoms with Crippen molar-refractivity contribution in [2.45, 2.75) is 51.7 Å². The van der Waals surface area contributed by atoms with Crippen molar-refractivity contribution in [3.05, 3.63) is 30.3 Å². The molecular formula is C20H24N2O5. The highest BCUT2D eigenvalue weighted by molar-refractivity contribution is 6.08. The molecular weight excluding hydrogens is 348 g/mol. The van der Waals surface area contributed by atoms with Gasteiger partial charge in [0.05, 0.1) is 11.8 Å². The third-order valence-electron chi connectivity index (χ3n) is 5.31. The molecule has 1 aliphatic carbocycles. The quantitative estimate of drug-likeness (QED) is 0.631. The van der Waals surface area contributed by atoms with Crippen molar-refractivity contribution in [2.24, 2.45) is 11.8 Å². The third-order valence-corrected chi connectivity index (χ3v) is 5.31. The lowest BCUT2D eigenvalue weighted by molar-refractivity contribution is -0.163. The molecule has 0 radical (unpaired) electrons. The predicted octanol–water partition coefficient (Wildman–Crippen LogP) is 2.12. The SMILES string of the molecule is C[C@H](OC(=O)[C@@H](C)N1C(=O)[C@H]2CCCC[C@H]2C1=O)C(=O)Nc1ccccc1. The smallest absolute Gasteiger partial charge is 0.329 e. The number of nitrogens with one attached hydrogen (secondary N) is 1. The fourth-order valence-electron chi connectivity index (χ4n) is 3.77. The average Bonchev–Trinajstić information content (AvgIpc) is 2.93. The van der Waals surface area contributed by atoms with Crippen LogP contribution < -0.4 is 5.32 Å². The molecule has 1 saturated carbocycles. The van der Waals surface area contributed by atoms with Crippen molar-refractivity contribution < 1.29 is 23.9 Å².